The van der Waals surface area contributed by atoms with Gasteiger partial charge < -0.3 is 15.2 Å². The number of hydrogen-bond donors (Lipinski definition) is 2. The van der Waals surface area contributed by atoms with E-state index in [1.54, 1.807) is 11.3 Å². The zero-order valence-electron chi connectivity index (χ0n) is 18.0. The number of thiophene rings is 1. The van der Waals surface area contributed by atoms with Crippen molar-refractivity contribution in [1.82, 2.24) is 15.3 Å². The Morgan fingerprint density at radius 1 is 1.32 bits per heavy atom. The van der Waals surface area contributed by atoms with Crippen molar-refractivity contribution in [1.29, 1.82) is 0 Å². The average molecular weight is 457 g/mol. The number of rotatable bonds is 9. The number of fused-ring (bicyclic) bond motifs is 3. The van der Waals surface area contributed by atoms with E-state index < -0.39 is 0 Å². The molecule has 0 saturated heterocycles. The van der Waals surface area contributed by atoms with Crippen molar-refractivity contribution in [2.24, 2.45) is 0 Å². The first-order valence-electron chi connectivity index (χ1n) is 10.7. The number of amides is 1. The van der Waals surface area contributed by atoms with E-state index in [-0.39, 0.29) is 11.5 Å². The molecule has 0 radical (unpaired) electrons. The van der Waals surface area contributed by atoms with Gasteiger partial charge in [-0.2, -0.15) is 0 Å². The quantitative estimate of drug-likeness (QED) is 0.514. The molecule has 0 unspecified atom stereocenters. The Hall–Kier alpha value is -2.32. The van der Waals surface area contributed by atoms with Gasteiger partial charge in [0.25, 0.3) is 5.56 Å². The number of benzene rings is 1. The van der Waals surface area contributed by atoms with Crippen molar-refractivity contribution in [2.45, 2.75) is 38.9 Å². The monoisotopic (exact) mass is 456 g/mol. The Morgan fingerprint density at radius 3 is 2.97 bits per heavy atom. The van der Waals surface area contributed by atoms with Crippen LogP contribution in [-0.4, -0.2) is 41.3 Å². The molecule has 0 saturated carbocycles. The van der Waals surface area contributed by atoms with Gasteiger partial charge in [0, 0.05) is 30.2 Å². The molecule has 3 aromatic rings. The third-order valence-corrected chi connectivity index (χ3v) is 7.77. The Morgan fingerprint density at radius 2 is 2.16 bits per heavy atom. The van der Waals surface area contributed by atoms with Gasteiger partial charge in [0.15, 0.2) is 0 Å². The lowest BCUT2D eigenvalue weighted by molar-refractivity contribution is -0.118. The van der Waals surface area contributed by atoms with Crippen molar-refractivity contribution in [3.8, 4) is 0 Å². The molecule has 0 spiro atoms. The van der Waals surface area contributed by atoms with E-state index in [2.05, 4.69) is 46.2 Å². The van der Waals surface area contributed by atoms with Crippen molar-refractivity contribution in [2.75, 3.05) is 30.3 Å². The number of thioether (sulfide) groups is 1. The average Bonchev–Trinajstić information content (AvgIpc) is 3.33. The van der Waals surface area contributed by atoms with Crippen LogP contribution in [0.5, 0.6) is 0 Å². The molecule has 1 aliphatic carbocycles. The second kappa shape index (κ2) is 9.87. The number of aromatic nitrogens is 2. The minimum atomic E-state index is -0.0414. The third-order valence-electron chi connectivity index (χ3n) is 5.64. The number of H-pyrrole nitrogens is 1. The predicted octanol–water partition coefficient (Wildman–Crippen LogP) is 3.66. The molecule has 1 aromatic carbocycles. The van der Waals surface area contributed by atoms with Gasteiger partial charge in [-0.25, -0.2) is 4.98 Å². The van der Waals surface area contributed by atoms with Crippen molar-refractivity contribution >= 4 is 44.9 Å². The summed E-state index contributed by atoms with van der Waals surface area (Å²) in [4.78, 5) is 36.7. The molecule has 1 amide bonds. The molecule has 0 bridgehead atoms. The van der Waals surface area contributed by atoms with Gasteiger partial charge in [-0.3, -0.25) is 9.59 Å². The van der Waals surface area contributed by atoms with E-state index in [0.29, 0.717) is 23.9 Å². The number of carbonyl (C=O) groups excluding carboxylic acids is 1. The van der Waals surface area contributed by atoms with Crippen LogP contribution >= 0.6 is 23.1 Å². The highest BCUT2D eigenvalue weighted by atomic mass is 32.2. The van der Waals surface area contributed by atoms with Gasteiger partial charge >= 0.3 is 0 Å². The van der Waals surface area contributed by atoms with Crippen molar-refractivity contribution in [3.63, 3.8) is 0 Å². The number of hydrogen-bond acceptors (Lipinski definition) is 6. The number of nitrogens with zero attached hydrogens (tertiary/aromatic N) is 2. The van der Waals surface area contributed by atoms with Crippen molar-refractivity contribution < 1.29 is 4.79 Å². The number of carbonyl (C=O) groups is 1. The summed E-state index contributed by atoms with van der Waals surface area (Å²) in [6.45, 7) is 6.49. The molecule has 0 aliphatic heterocycles. The first kappa shape index (κ1) is 21.9. The van der Waals surface area contributed by atoms with E-state index in [9.17, 15) is 9.59 Å². The summed E-state index contributed by atoms with van der Waals surface area (Å²) in [5.41, 5.74) is 3.60. The Balaban J connectivity index is 1.25. The number of aromatic amines is 1. The minimum Gasteiger partial charge on any atom is -0.370 e. The molecule has 1 aliphatic rings. The van der Waals surface area contributed by atoms with Crippen LogP contribution in [0.3, 0.4) is 0 Å². The van der Waals surface area contributed by atoms with Gasteiger partial charge in [-0.15, -0.1) is 23.1 Å². The number of nitrogens with one attached hydrogen (secondary N) is 2. The molecule has 164 valence electrons. The largest absolute Gasteiger partial charge is 0.370 e. The van der Waals surface area contributed by atoms with Gasteiger partial charge in [0.2, 0.25) is 5.91 Å². The normalized spacial score (nSPS) is 12.8. The molecule has 0 fully saturated rings. The highest BCUT2D eigenvalue weighted by Crippen LogP contribution is 2.34. The van der Waals surface area contributed by atoms with E-state index in [1.165, 1.54) is 33.5 Å². The van der Waals surface area contributed by atoms with Gasteiger partial charge in [-0.1, -0.05) is 18.2 Å². The molecule has 2 N–H and O–H groups in total. The van der Waals surface area contributed by atoms with E-state index in [4.69, 9.17) is 0 Å². The SMILES string of the molecule is CCN(CCNC(=O)CSCc1nc2sc3c(c2c(=O)[nH]1)CCC3)c1ccccc1C. The smallest absolute Gasteiger partial charge is 0.259 e. The molecule has 2 aromatic heterocycles. The fourth-order valence-corrected chi connectivity index (χ4v) is 6.10. The fraction of sp³-hybridized carbons (Fsp3) is 0.435. The maximum absolute atomic E-state index is 12.5. The van der Waals surface area contributed by atoms with Crippen LogP contribution < -0.4 is 15.8 Å². The predicted molar refractivity (Wildman–Crippen MR) is 131 cm³/mol. The number of aryl methyl sites for hydroxylation is 3. The molecule has 0 atom stereocenters. The Labute approximate surface area is 190 Å². The van der Waals surface area contributed by atoms with Crippen LogP contribution in [0, 0.1) is 6.92 Å². The Bertz CT molecular complexity index is 1140. The van der Waals surface area contributed by atoms with Gasteiger partial charge in [0.1, 0.15) is 10.7 Å². The zero-order chi connectivity index (χ0) is 21.8. The topological polar surface area (TPSA) is 78.1 Å². The van der Waals surface area contributed by atoms with Crippen LogP contribution in [-0.2, 0) is 23.4 Å². The van der Waals surface area contributed by atoms with Gasteiger partial charge in [0.05, 0.1) is 16.9 Å². The molecule has 2 heterocycles. The summed E-state index contributed by atoms with van der Waals surface area (Å²) in [5.74, 6) is 1.52. The van der Waals surface area contributed by atoms with E-state index in [0.717, 1.165) is 42.6 Å². The minimum absolute atomic E-state index is 0.00404. The summed E-state index contributed by atoms with van der Waals surface area (Å²) >= 11 is 3.12. The van der Waals surface area contributed by atoms with Crippen LogP contribution in [0.4, 0.5) is 5.69 Å². The van der Waals surface area contributed by atoms with E-state index in [1.807, 2.05) is 12.1 Å². The number of anilines is 1. The maximum atomic E-state index is 12.5. The lowest BCUT2D eigenvalue weighted by Crippen LogP contribution is -2.36. The summed E-state index contributed by atoms with van der Waals surface area (Å²) in [7, 11) is 0. The standard InChI is InChI=1S/C23H28N4O2S2/c1-3-27(17-9-5-4-7-15(17)2)12-11-24-20(28)14-30-13-19-25-22(29)21-16-8-6-10-18(16)31-23(21)26-19/h4-5,7,9H,3,6,8,10-14H2,1-2H3,(H,24,28)(H,25,26,29). The third kappa shape index (κ3) is 4.96. The summed E-state index contributed by atoms with van der Waals surface area (Å²) in [6.07, 6.45) is 3.16. The molecule has 8 heteroatoms. The molecule has 31 heavy (non-hydrogen) atoms. The number of likely N-dealkylation sites (N-methyl/N-ethyl adjacent to an activating group) is 1. The Kier molecular flexibility index (Phi) is 6.97. The summed E-state index contributed by atoms with van der Waals surface area (Å²) in [5, 5.41) is 3.77. The van der Waals surface area contributed by atoms with Crippen LogP contribution in [0.2, 0.25) is 0 Å². The zero-order valence-corrected chi connectivity index (χ0v) is 19.6. The van der Waals surface area contributed by atoms with Crippen LogP contribution in [0.15, 0.2) is 29.1 Å². The van der Waals surface area contributed by atoms with Crippen LogP contribution in [0.1, 0.15) is 35.2 Å². The number of para-hydroxylation sites is 1. The van der Waals surface area contributed by atoms with Crippen molar-refractivity contribution in [3.05, 3.63) is 56.4 Å². The molecular formula is C23H28N4O2S2. The summed E-state index contributed by atoms with van der Waals surface area (Å²) in [6, 6.07) is 8.30. The lowest BCUT2D eigenvalue weighted by atomic mass is 10.2. The van der Waals surface area contributed by atoms with Gasteiger partial charge in [-0.05, 0) is 50.3 Å². The molecule has 6 nitrogen and oxygen atoms in total. The second-order valence-corrected chi connectivity index (χ2v) is 9.83. The second-order valence-electron chi connectivity index (χ2n) is 7.76. The fourth-order valence-electron chi connectivity index (χ4n) is 4.10. The molecule has 4 rings (SSSR count). The maximum Gasteiger partial charge on any atom is 0.259 e. The van der Waals surface area contributed by atoms with Crippen LogP contribution in [0.25, 0.3) is 10.2 Å². The first-order chi connectivity index (χ1) is 15.1. The highest BCUT2D eigenvalue weighted by Gasteiger charge is 2.21. The van der Waals surface area contributed by atoms with E-state index >= 15 is 0 Å². The lowest BCUT2D eigenvalue weighted by Gasteiger charge is -2.25. The molecular weight excluding hydrogens is 428 g/mol. The summed E-state index contributed by atoms with van der Waals surface area (Å²) < 4.78 is 0. The highest BCUT2D eigenvalue weighted by molar-refractivity contribution is 7.99. The first-order valence-corrected chi connectivity index (χ1v) is 12.7.